The summed E-state index contributed by atoms with van der Waals surface area (Å²) >= 11 is 0. The largest absolute Gasteiger partial charge is 0.347 e. The minimum Gasteiger partial charge on any atom is -0.347 e. The van der Waals surface area contributed by atoms with Gasteiger partial charge in [-0.2, -0.15) is 15.0 Å². The van der Waals surface area contributed by atoms with Crippen molar-refractivity contribution in [2.45, 2.75) is 45.7 Å². The zero-order valence-electron chi connectivity index (χ0n) is 16.7. The zero-order chi connectivity index (χ0) is 19.6. The van der Waals surface area contributed by atoms with Crippen molar-refractivity contribution in [1.29, 1.82) is 0 Å². The molecule has 144 valence electrons. The molecule has 0 spiro atoms. The molecule has 27 heavy (non-hydrogen) atoms. The van der Waals surface area contributed by atoms with Gasteiger partial charge in [0.05, 0.1) is 0 Å². The number of likely N-dealkylation sites (tertiary alicyclic amines) is 1. The van der Waals surface area contributed by atoms with Crippen molar-refractivity contribution in [2.24, 2.45) is 0 Å². The Morgan fingerprint density at radius 1 is 1.19 bits per heavy atom. The highest BCUT2D eigenvalue weighted by Crippen LogP contribution is 2.20. The Labute approximate surface area is 160 Å². The first-order valence-electron chi connectivity index (χ1n) is 9.37. The molecular formula is C20H28N6O. The van der Waals surface area contributed by atoms with Crippen LogP contribution in [-0.4, -0.2) is 52.4 Å². The third-order valence-corrected chi connectivity index (χ3v) is 4.65. The van der Waals surface area contributed by atoms with E-state index in [1.54, 1.807) is 0 Å². The van der Waals surface area contributed by atoms with Crippen LogP contribution in [0.5, 0.6) is 0 Å². The van der Waals surface area contributed by atoms with Gasteiger partial charge in [0, 0.05) is 33.1 Å². The van der Waals surface area contributed by atoms with Crippen LogP contribution in [0.25, 0.3) is 0 Å². The minimum atomic E-state index is -0.298. The van der Waals surface area contributed by atoms with E-state index in [9.17, 15) is 4.79 Å². The van der Waals surface area contributed by atoms with Crippen molar-refractivity contribution in [2.75, 3.05) is 30.9 Å². The summed E-state index contributed by atoms with van der Waals surface area (Å²) in [6.07, 6.45) is 0.741. The van der Waals surface area contributed by atoms with Crippen LogP contribution < -0.4 is 10.2 Å². The number of carbonyl (C=O) groups is 1. The van der Waals surface area contributed by atoms with E-state index in [1.165, 1.54) is 5.56 Å². The van der Waals surface area contributed by atoms with Crippen LogP contribution in [0.15, 0.2) is 24.3 Å². The molecule has 2 heterocycles. The monoisotopic (exact) mass is 368 g/mol. The Hall–Kier alpha value is -2.70. The van der Waals surface area contributed by atoms with E-state index < -0.39 is 0 Å². The van der Waals surface area contributed by atoms with E-state index in [0.717, 1.165) is 24.4 Å². The summed E-state index contributed by atoms with van der Waals surface area (Å²) in [5.41, 5.74) is 2.37. The normalized spacial score (nSPS) is 16.9. The predicted molar refractivity (Wildman–Crippen MR) is 107 cm³/mol. The number of rotatable bonds is 6. The van der Waals surface area contributed by atoms with Crippen molar-refractivity contribution < 1.29 is 4.79 Å². The summed E-state index contributed by atoms with van der Waals surface area (Å²) < 4.78 is 0. The number of amides is 1. The van der Waals surface area contributed by atoms with Gasteiger partial charge in [-0.15, -0.1) is 0 Å². The van der Waals surface area contributed by atoms with Gasteiger partial charge in [0.1, 0.15) is 11.9 Å². The highest BCUT2D eigenvalue weighted by molar-refractivity contribution is 5.86. The first kappa shape index (κ1) is 19.1. The smallest absolute Gasteiger partial charge is 0.245 e. The van der Waals surface area contributed by atoms with Crippen LogP contribution in [0.1, 0.15) is 43.1 Å². The summed E-state index contributed by atoms with van der Waals surface area (Å²) in [5.74, 6) is 2.06. The molecule has 1 N–H and O–H groups in total. The molecule has 1 fully saturated rings. The Balaban J connectivity index is 1.71. The molecule has 0 bridgehead atoms. The molecule has 1 aliphatic rings. The van der Waals surface area contributed by atoms with E-state index in [-0.39, 0.29) is 17.9 Å². The maximum absolute atomic E-state index is 12.8. The summed E-state index contributed by atoms with van der Waals surface area (Å²) in [5, 5.41) is 3.23. The van der Waals surface area contributed by atoms with Gasteiger partial charge in [-0.25, -0.2) is 0 Å². The molecular weight excluding hydrogens is 340 g/mol. The minimum absolute atomic E-state index is 0.0912. The maximum atomic E-state index is 12.8. The van der Waals surface area contributed by atoms with Gasteiger partial charge in [-0.05, 0) is 18.9 Å². The molecule has 1 saturated heterocycles. The zero-order valence-corrected chi connectivity index (χ0v) is 16.7. The van der Waals surface area contributed by atoms with Crippen molar-refractivity contribution in [3.8, 4) is 0 Å². The van der Waals surface area contributed by atoms with Crippen molar-refractivity contribution in [3.63, 3.8) is 0 Å². The van der Waals surface area contributed by atoms with Crippen LogP contribution in [0.2, 0.25) is 0 Å². The fraction of sp³-hybridized carbons (Fsp3) is 0.500. The van der Waals surface area contributed by atoms with E-state index in [0.29, 0.717) is 18.4 Å². The van der Waals surface area contributed by atoms with Crippen LogP contribution in [0, 0.1) is 6.92 Å². The number of anilines is 2. The number of nitrogens with zero attached hydrogens (tertiary/aromatic N) is 5. The number of hydrogen-bond donors (Lipinski definition) is 1. The molecule has 0 aliphatic carbocycles. The highest BCUT2D eigenvalue weighted by Gasteiger charge is 2.32. The van der Waals surface area contributed by atoms with E-state index in [4.69, 9.17) is 0 Å². The molecule has 3 rings (SSSR count). The van der Waals surface area contributed by atoms with Gasteiger partial charge in [0.15, 0.2) is 0 Å². The lowest BCUT2D eigenvalue weighted by Gasteiger charge is -2.18. The number of benzene rings is 1. The molecule has 1 aromatic heterocycles. The second kappa shape index (κ2) is 7.90. The fourth-order valence-corrected chi connectivity index (χ4v) is 3.00. The lowest BCUT2D eigenvalue weighted by Crippen LogP contribution is -2.34. The van der Waals surface area contributed by atoms with Crippen LogP contribution in [0.4, 0.5) is 11.9 Å². The van der Waals surface area contributed by atoms with Crippen molar-refractivity contribution in [1.82, 2.24) is 19.9 Å². The number of aromatic nitrogens is 3. The van der Waals surface area contributed by atoms with Gasteiger partial charge >= 0.3 is 0 Å². The number of aryl methyl sites for hydroxylation is 1. The third kappa shape index (κ3) is 4.53. The van der Waals surface area contributed by atoms with Crippen molar-refractivity contribution in [3.05, 3.63) is 41.2 Å². The first-order valence-corrected chi connectivity index (χ1v) is 9.37. The summed E-state index contributed by atoms with van der Waals surface area (Å²) in [6.45, 7) is 7.51. The Morgan fingerprint density at radius 3 is 2.52 bits per heavy atom. The van der Waals surface area contributed by atoms with Crippen LogP contribution >= 0.6 is 0 Å². The highest BCUT2D eigenvalue weighted by atomic mass is 16.2. The number of hydrogen-bond acceptors (Lipinski definition) is 6. The van der Waals surface area contributed by atoms with E-state index >= 15 is 0 Å². The Morgan fingerprint density at radius 2 is 1.89 bits per heavy atom. The summed E-state index contributed by atoms with van der Waals surface area (Å²) in [6, 6.07) is 8.01. The molecule has 0 radical (unpaired) electrons. The standard InChI is InChI=1S/C20H28N6O/c1-13(2)17-22-19(24-20(23-17)25(4)5)21-16-10-11-26(18(16)27)12-15-8-6-14(3)7-9-15/h6-9,13,16H,10-12H2,1-5H3,(H,21,22,23,24). The molecule has 1 aliphatic heterocycles. The molecule has 1 atom stereocenters. The average Bonchev–Trinajstić information content (AvgIpc) is 2.96. The molecule has 0 saturated carbocycles. The third-order valence-electron chi connectivity index (χ3n) is 4.65. The SMILES string of the molecule is Cc1ccc(CN2CCC(Nc3nc(C(C)C)nc(N(C)C)n3)C2=O)cc1. The topological polar surface area (TPSA) is 74.2 Å². The predicted octanol–water partition coefficient (Wildman–Crippen LogP) is 2.58. The van der Waals surface area contributed by atoms with Gasteiger partial charge in [-0.3, -0.25) is 4.79 Å². The maximum Gasteiger partial charge on any atom is 0.245 e. The van der Waals surface area contributed by atoms with Gasteiger partial charge in [-0.1, -0.05) is 43.7 Å². The number of carbonyl (C=O) groups excluding carboxylic acids is 1. The molecule has 7 heteroatoms. The molecule has 7 nitrogen and oxygen atoms in total. The molecule has 1 aromatic carbocycles. The Bertz CT molecular complexity index is 776. The lowest BCUT2D eigenvalue weighted by atomic mass is 10.1. The van der Waals surface area contributed by atoms with Gasteiger partial charge < -0.3 is 15.1 Å². The first-order chi connectivity index (χ1) is 12.8. The van der Waals surface area contributed by atoms with Crippen LogP contribution in [0.3, 0.4) is 0 Å². The molecule has 1 unspecified atom stereocenters. The number of nitrogens with one attached hydrogen (secondary N) is 1. The summed E-state index contributed by atoms with van der Waals surface area (Å²) in [4.78, 5) is 30.0. The van der Waals surface area contributed by atoms with E-state index in [2.05, 4.69) is 51.5 Å². The lowest BCUT2D eigenvalue weighted by molar-refractivity contribution is -0.128. The van der Waals surface area contributed by atoms with Crippen molar-refractivity contribution >= 4 is 17.8 Å². The van der Waals surface area contributed by atoms with Gasteiger partial charge in [0.2, 0.25) is 17.8 Å². The Kier molecular flexibility index (Phi) is 5.58. The van der Waals surface area contributed by atoms with Gasteiger partial charge in [0.25, 0.3) is 0 Å². The quantitative estimate of drug-likeness (QED) is 0.845. The molecule has 2 aromatic rings. The van der Waals surface area contributed by atoms with E-state index in [1.807, 2.05) is 37.7 Å². The summed E-state index contributed by atoms with van der Waals surface area (Å²) in [7, 11) is 3.79. The fourth-order valence-electron chi connectivity index (χ4n) is 3.00. The average molecular weight is 368 g/mol. The second-order valence-electron chi connectivity index (χ2n) is 7.60. The molecule has 1 amide bonds. The van der Waals surface area contributed by atoms with Crippen LogP contribution in [-0.2, 0) is 11.3 Å². The second-order valence-corrected chi connectivity index (χ2v) is 7.60.